The van der Waals surface area contributed by atoms with E-state index in [0.717, 1.165) is 31.2 Å². The Morgan fingerprint density at radius 2 is 1.79 bits per heavy atom. The highest BCUT2D eigenvalue weighted by Crippen LogP contribution is 2.22. The lowest BCUT2D eigenvalue weighted by Crippen LogP contribution is -2.37. The molecule has 6 nitrogen and oxygen atoms in total. The number of aryl methyl sites for hydroxylation is 2. The highest BCUT2D eigenvalue weighted by atomic mass is 35.5. The molecular weight excluding hydrogens is 390 g/mol. The molecule has 0 spiro atoms. The Labute approximate surface area is 176 Å². The fourth-order valence-corrected chi connectivity index (χ4v) is 3.96. The number of nitrogens with one attached hydrogen (secondary N) is 1. The van der Waals surface area contributed by atoms with E-state index in [1.54, 1.807) is 11.6 Å². The minimum absolute atomic E-state index is 0.172. The molecular formula is C22H28ClN3O3. The van der Waals surface area contributed by atoms with E-state index in [1.807, 2.05) is 31.2 Å². The first kappa shape index (κ1) is 21.4. The van der Waals surface area contributed by atoms with Crippen LogP contribution in [-0.2, 0) is 16.1 Å². The summed E-state index contributed by atoms with van der Waals surface area (Å²) < 4.78 is 6.79. The van der Waals surface area contributed by atoms with Gasteiger partial charge in [0.1, 0.15) is 10.7 Å². The first-order valence-corrected chi connectivity index (χ1v) is 10.6. The van der Waals surface area contributed by atoms with Gasteiger partial charge in [0.15, 0.2) is 6.61 Å². The van der Waals surface area contributed by atoms with Gasteiger partial charge in [-0.15, -0.1) is 0 Å². The molecule has 7 heteroatoms. The van der Waals surface area contributed by atoms with Crippen molar-refractivity contribution in [2.75, 3.05) is 6.61 Å². The van der Waals surface area contributed by atoms with E-state index in [2.05, 4.69) is 10.4 Å². The van der Waals surface area contributed by atoms with Gasteiger partial charge in [0, 0.05) is 6.04 Å². The molecule has 1 aromatic heterocycles. The van der Waals surface area contributed by atoms with Gasteiger partial charge in [0.25, 0.3) is 5.91 Å². The zero-order chi connectivity index (χ0) is 20.8. The number of rotatable bonds is 6. The molecule has 29 heavy (non-hydrogen) atoms. The van der Waals surface area contributed by atoms with Gasteiger partial charge in [-0.3, -0.25) is 4.79 Å². The molecule has 1 aliphatic rings. The molecule has 1 amide bonds. The average molecular weight is 418 g/mol. The van der Waals surface area contributed by atoms with E-state index >= 15 is 0 Å². The Balaban J connectivity index is 1.58. The number of amides is 1. The first-order chi connectivity index (χ1) is 13.9. The molecule has 0 radical (unpaired) electrons. The fourth-order valence-electron chi connectivity index (χ4n) is 3.65. The number of hydrogen-bond donors (Lipinski definition) is 1. The molecule has 2 aromatic rings. The number of esters is 1. The molecule has 1 aromatic carbocycles. The van der Waals surface area contributed by atoms with Crippen molar-refractivity contribution in [2.45, 2.75) is 65.0 Å². The summed E-state index contributed by atoms with van der Waals surface area (Å²) in [5.41, 5.74) is 2.89. The Bertz CT molecular complexity index is 853. The summed E-state index contributed by atoms with van der Waals surface area (Å²) in [6.07, 6.45) is 6.64. The number of halogens is 1. The van der Waals surface area contributed by atoms with E-state index in [0.29, 0.717) is 12.2 Å². The minimum atomic E-state index is -0.626. The molecule has 1 aliphatic carbocycles. The predicted octanol–water partition coefficient (Wildman–Crippen LogP) is 4.20. The largest absolute Gasteiger partial charge is 0.452 e. The van der Waals surface area contributed by atoms with Crippen LogP contribution in [0.2, 0.25) is 5.15 Å². The molecule has 156 valence electrons. The van der Waals surface area contributed by atoms with Crippen molar-refractivity contribution in [3.63, 3.8) is 0 Å². The molecule has 1 saturated carbocycles. The highest BCUT2D eigenvalue weighted by Gasteiger charge is 2.23. The standard InChI is InChI=1S/C22H28ClN3O3/c1-15-9-11-17(12-10-15)13-26-21(23)20(16(2)25-26)22(28)29-14-19(27)24-18-7-5-3-4-6-8-18/h9-12,18H,3-8,13-14H2,1-2H3,(H,24,27). The van der Waals surface area contributed by atoms with Gasteiger partial charge in [-0.25, -0.2) is 9.48 Å². The third-order valence-electron chi connectivity index (χ3n) is 5.28. The van der Waals surface area contributed by atoms with Crippen molar-refractivity contribution in [1.82, 2.24) is 15.1 Å². The zero-order valence-corrected chi connectivity index (χ0v) is 17.8. The predicted molar refractivity (Wildman–Crippen MR) is 112 cm³/mol. The minimum Gasteiger partial charge on any atom is -0.452 e. The zero-order valence-electron chi connectivity index (χ0n) is 17.0. The molecule has 3 rings (SSSR count). The topological polar surface area (TPSA) is 73.2 Å². The monoisotopic (exact) mass is 417 g/mol. The number of carbonyl (C=O) groups excluding carboxylic acids is 2. The first-order valence-electron chi connectivity index (χ1n) is 10.2. The van der Waals surface area contributed by atoms with Crippen molar-refractivity contribution in [3.8, 4) is 0 Å². The second kappa shape index (κ2) is 9.92. The van der Waals surface area contributed by atoms with Gasteiger partial charge in [-0.05, 0) is 32.3 Å². The van der Waals surface area contributed by atoms with Crippen LogP contribution in [-0.4, -0.2) is 34.3 Å². The molecule has 0 atom stereocenters. The summed E-state index contributed by atoms with van der Waals surface area (Å²) in [6.45, 7) is 3.87. The summed E-state index contributed by atoms with van der Waals surface area (Å²) in [5, 5.41) is 7.55. The smallest absolute Gasteiger partial charge is 0.343 e. The van der Waals surface area contributed by atoms with E-state index in [9.17, 15) is 9.59 Å². The lowest BCUT2D eigenvalue weighted by molar-refractivity contribution is -0.125. The van der Waals surface area contributed by atoms with E-state index in [1.165, 1.54) is 18.4 Å². The van der Waals surface area contributed by atoms with Crippen LogP contribution in [0.15, 0.2) is 24.3 Å². The van der Waals surface area contributed by atoms with Crippen molar-refractivity contribution >= 4 is 23.5 Å². The summed E-state index contributed by atoms with van der Waals surface area (Å²) in [7, 11) is 0. The fraction of sp³-hybridized carbons (Fsp3) is 0.500. The van der Waals surface area contributed by atoms with Gasteiger partial charge in [-0.1, -0.05) is 67.1 Å². The molecule has 1 heterocycles. The summed E-state index contributed by atoms with van der Waals surface area (Å²) in [4.78, 5) is 24.7. The van der Waals surface area contributed by atoms with Crippen LogP contribution in [0.1, 0.15) is 65.7 Å². The third-order valence-corrected chi connectivity index (χ3v) is 5.66. The second-order valence-electron chi connectivity index (χ2n) is 7.73. The van der Waals surface area contributed by atoms with Crippen LogP contribution in [0.5, 0.6) is 0 Å². The van der Waals surface area contributed by atoms with Gasteiger partial charge in [0.05, 0.1) is 12.2 Å². The maximum atomic E-state index is 12.5. The van der Waals surface area contributed by atoms with E-state index < -0.39 is 5.97 Å². The Morgan fingerprint density at radius 3 is 2.45 bits per heavy atom. The van der Waals surface area contributed by atoms with Gasteiger partial charge in [0.2, 0.25) is 0 Å². The molecule has 0 unspecified atom stereocenters. The normalized spacial score (nSPS) is 15.0. The Kier molecular flexibility index (Phi) is 7.31. The third kappa shape index (κ3) is 5.82. The number of benzene rings is 1. The van der Waals surface area contributed by atoms with Crippen LogP contribution in [0.25, 0.3) is 0 Å². The summed E-state index contributed by atoms with van der Waals surface area (Å²) in [5.74, 6) is -0.898. The average Bonchev–Trinajstić information content (AvgIpc) is 2.86. The molecule has 0 aliphatic heterocycles. The molecule has 0 bridgehead atoms. The lowest BCUT2D eigenvalue weighted by Gasteiger charge is -2.16. The quantitative estimate of drug-likeness (QED) is 0.564. The SMILES string of the molecule is Cc1ccc(Cn2nc(C)c(C(=O)OCC(=O)NC3CCCCCC3)c2Cl)cc1. The second-order valence-corrected chi connectivity index (χ2v) is 8.08. The number of aromatic nitrogens is 2. The number of carbonyl (C=O) groups is 2. The molecule has 1 fully saturated rings. The van der Waals surface area contributed by atoms with Gasteiger partial charge >= 0.3 is 5.97 Å². The van der Waals surface area contributed by atoms with Crippen LogP contribution in [0.4, 0.5) is 0 Å². The number of ether oxygens (including phenoxy) is 1. The molecule has 0 saturated heterocycles. The maximum absolute atomic E-state index is 12.5. The van der Waals surface area contributed by atoms with Crippen molar-refractivity contribution < 1.29 is 14.3 Å². The Hall–Kier alpha value is -2.34. The van der Waals surface area contributed by atoms with Gasteiger partial charge in [-0.2, -0.15) is 5.10 Å². The van der Waals surface area contributed by atoms with Crippen LogP contribution in [0, 0.1) is 13.8 Å². The van der Waals surface area contributed by atoms with Crippen molar-refractivity contribution in [1.29, 1.82) is 0 Å². The Morgan fingerprint density at radius 1 is 1.14 bits per heavy atom. The number of nitrogens with zero attached hydrogens (tertiary/aromatic N) is 2. The summed E-state index contributed by atoms with van der Waals surface area (Å²) in [6, 6.07) is 8.20. The van der Waals surface area contributed by atoms with E-state index in [4.69, 9.17) is 16.3 Å². The van der Waals surface area contributed by atoms with E-state index in [-0.39, 0.29) is 29.3 Å². The van der Waals surface area contributed by atoms with Crippen LogP contribution >= 0.6 is 11.6 Å². The van der Waals surface area contributed by atoms with Crippen LogP contribution in [0.3, 0.4) is 0 Å². The van der Waals surface area contributed by atoms with Crippen molar-refractivity contribution in [3.05, 3.63) is 51.8 Å². The lowest BCUT2D eigenvalue weighted by atomic mass is 10.1. The highest BCUT2D eigenvalue weighted by molar-refractivity contribution is 6.32. The summed E-state index contributed by atoms with van der Waals surface area (Å²) >= 11 is 6.39. The van der Waals surface area contributed by atoms with Gasteiger partial charge < -0.3 is 10.1 Å². The number of hydrogen-bond acceptors (Lipinski definition) is 4. The maximum Gasteiger partial charge on any atom is 0.343 e. The van der Waals surface area contributed by atoms with Crippen LogP contribution < -0.4 is 5.32 Å². The van der Waals surface area contributed by atoms with Crippen molar-refractivity contribution in [2.24, 2.45) is 0 Å². The molecule has 1 N–H and O–H groups in total.